The fourth-order valence-corrected chi connectivity index (χ4v) is 2.67. The maximum Gasteiger partial charge on any atom is 0.232 e. The Bertz CT molecular complexity index is 685. The molecule has 0 aliphatic carbocycles. The van der Waals surface area contributed by atoms with Gasteiger partial charge in [-0.3, -0.25) is 4.72 Å². The Morgan fingerprint density at radius 1 is 1.09 bits per heavy atom. The first-order valence-electron chi connectivity index (χ1n) is 7.29. The molecule has 0 fully saturated rings. The SMILES string of the molecule is CCN(Cc1ccccc1)c1ccc(NS(=O)(=O)CC)cn1. The van der Waals surface area contributed by atoms with E-state index < -0.39 is 10.0 Å². The summed E-state index contributed by atoms with van der Waals surface area (Å²) in [5, 5.41) is 0. The van der Waals surface area contributed by atoms with Crippen LogP contribution in [0.1, 0.15) is 19.4 Å². The van der Waals surface area contributed by atoms with Crippen molar-refractivity contribution < 1.29 is 8.42 Å². The molecular formula is C16H21N3O2S. The van der Waals surface area contributed by atoms with Crippen LogP contribution < -0.4 is 9.62 Å². The summed E-state index contributed by atoms with van der Waals surface area (Å²) >= 11 is 0. The maximum atomic E-state index is 11.5. The normalized spacial score (nSPS) is 11.2. The number of nitrogens with one attached hydrogen (secondary N) is 1. The van der Waals surface area contributed by atoms with Crippen molar-refractivity contribution in [3.05, 3.63) is 54.2 Å². The number of pyridine rings is 1. The molecule has 6 heteroatoms. The first kappa shape index (κ1) is 16.3. The molecule has 0 radical (unpaired) electrons. The lowest BCUT2D eigenvalue weighted by Gasteiger charge is -2.22. The molecule has 1 N–H and O–H groups in total. The Balaban J connectivity index is 2.10. The molecule has 5 nitrogen and oxygen atoms in total. The minimum atomic E-state index is -3.26. The second-order valence-electron chi connectivity index (χ2n) is 4.91. The summed E-state index contributed by atoms with van der Waals surface area (Å²) in [7, 11) is -3.26. The van der Waals surface area contributed by atoms with E-state index in [2.05, 4.69) is 33.7 Å². The van der Waals surface area contributed by atoms with Gasteiger partial charge in [0.2, 0.25) is 10.0 Å². The lowest BCUT2D eigenvalue weighted by atomic mass is 10.2. The Kier molecular flexibility index (Phi) is 5.38. The second kappa shape index (κ2) is 7.26. The van der Waals surface area contributed by atoms with Crippen LogP contribution in [0, 0.1) is 0 Å². The molecular weight excluding hydrogens is 298 g/mol. The topological polar surface area (TPSA) is 62.3 Å². The van der Waals surface area contributed by atoms with E-state index in [0.29, 0.717) is 5.69 Å². The molecule has 0 saturated heterocycles. The van der Waals surface area contributed by atoms with Crippen LogP contribution in [0.15, 0.2) is 48.7 Å². The molecule has 0 spiro atoms. The number of hydrogen-bond donors (Lipinski definition) is 1. The monoisotopic (exact) mass is 319 g/mol. The Hall–Kier alpha value is -2.08. The van der Waals surface area contributed by atoms with Crippen LogP contribution in [0.25, 0.3) is 0 Å². The van der Waals surface area contributed by atoms with Crippen LogP contribution in [0.2, 0.25) is 0 Å². The van der Waals surface area contributed by atoms with Crippen molar-refractivity contribution >= 4 is 21.5 Å². The lowest BCUT2D eigenvalue weighted by molar-refractivity contribution is 0.602. The quantitative estimate of drug-likeness (QED) is 0.852. The summed E-state index contributed by atoms with van der Waals surface area (Å²) in [6, 6.07) is 13.7. The zero-order valence-electron chi connectivity index (χ0n) is 12.9. The largest absolute Gasteiger partial charge is 0.353 e. The number of aromatic nitrogens is 1. The summed E-state index contributed by atoms with van der Waals surface area (Å²) in [6.45, 7) is 5.26. The van der Waals surface area contributed by atoms with Crippen molar-refractivity contribution in [3.8, 4) is 0 Å². The predicted octanol–water partition coefficient (Wildman–Crippen LogP) is 2.87. The molecule has 118 valence electrons. The third-order valence-corrected chi connectivity index (χ3v) is 4.63. The number of anilines is 2. The van der Waals surface area contributed by atoms with Gasteiger partial charge in [-0.05, 0) is 31.5 Å². The molecule has 0 saturated carbocycles. The summed E-state index contributed by atoms with van der Waals surface area (Å²) in [5.74, 6) is 0.870. The van der Waals surface area contributed by atoms with Crippen molar-refractivity contribution in [2.75, 3.05) is 21.9 Å². The Morgan fingerprint density at radius 2 is 1.82 bits per heavy atom. The maximum absolute atomic E-state index is 11.5. The average molecular weight is 319 g/mol. The molecule has 0 bridgehead atoms. The number of nitrogens with zero attached hydrogens (tertiary/aromatic N) is 2. The fraction of sp³-hybridized carbons (Fsp3) is 0.312. The molecule has 1 heterocycles. The van der Waals surface area contributed by atoms with Crippen molar-refractivity contribution in [1.29, 1.82) is 0 Å². The highest BCUT2D eigenvalue weighted by molar-refractivity contribution is 7.92. The van der Waals surface area contributed by atoms with Gasteiger partial charge in [-0.25, -0.2) is 13.4 Å². The van der Waals surface area contributed by atoms with Crippen LogP contribution >= 0.6 is 0 Å². The van der Waals surface area contributed by atoms with E-state index in [9.17, 15) is 8.42 Å². The molecule has 1 aromatic carbocycles. The fourth-order valence-electron chi connectivity index (χ4n) is 2.04. The van der Waals surface area contributed by atoms with Gasteiger partial charge in [-0.1, -0.05) is 30.3 Å². The van der Waals surface area contributed by atoms with Gasteiger partial charge in [0.1, 0.15) is 5.82 Å². The van der Waals surface area contributed by atoms with Gasteiger partial charge in [0.15, 0.2) is 0 Å². The number of sulfonamides is 1. The first-order valence-corrected chi connectivity index (χ1v) is 8.94. The molecule has 0 aliphatic rings. The van der Waals surface area contributed by atoms with Gasteiger partial charge in [0, 0.05) is 13.1 Å². The molecule has 1 aromatic heterocycles. The molecule has 22 heavy (non-hydrogen) atoms. The highest BCUT2D eigenvalue weighted by Crippen LogP contribution is 2.17. The average Bonchev–Trinajstić information content (AvgIpc) is 2.54. The van der Waals surface area contributed by atoms with Crippen LogP contribution in [0.5, 0.6) is 0 Å². The van der Waals surface area contributed by atoms with E-state index >= 15 is 0 Å². The smallest absolute Gasteiger partial charge is 0.232 e. The summed E-state index contributed by atoms with van der Waals surface area (Å²) < 4.78 is 25.6. The Labute approximate surface area is 132 Å². The first-order chi connectivity index (χ1) is 10.5. The minimum Gasteiger partial charge on any atom is -0.353 e. The molecule has 0 atom stereocenters. The molecule has 2 aromatic rings. The standard InChI is InChI=1S/C16H21N3O2S/c1-3-19(13-14-8-6-5-7-9-14)16-11-10-15(12-17-16)18-22(20,21)4-2/h5-12,18H,3-4,13H2,1-2H3. The van der Waals surface area contributed by atoms with Gasteiger partial charge >= 0.3 is 0 Å². The van der Waals surface area contributed by atoms with Gasteiger partial charge in [0.25, 0.3) is 0 Å². The van der Waals surface area contributed by atoms with E-state index in [1.807, 2.05) is 24.3 Å². The van der Waals surface area contributed by atoms with Gasteiger partial charge in [-0.2, -0.15) is 0 Å². The zero-order chi connectivity index (χ0) is 16.0. The summed E-state index contributed by atoms with van der Waals surface area (Å²) in [4.78, 5) is 6.50. The number of rotatable bonds is 7. The van der Waals surface area contributed by atoms with E-state index in [4.69, 9.17) is 0 Å². The van der Waals surface area contributed by atoms with E-state index in [1.165, 1.54) is 5.56 Å². The second-order valence-corrected chi connectivity index (χ2v) is 6.92. The highest BCUT2D eigenvalue weighted by Gasteiger charge is 2.09. The van der Waals surface area contributed by atoms with Crippen molar-refractivity contribution in [2.24, 2.45) is 0 Å². The van der Waals surface area contributed by atoms with Crippen molar-refractivity contribution in [2.45, 2.75) is 20.4 Å². The van der Waals surface area contributed by atoms with Crippen LogP contribution in [0.3, 0.4) is 0 Å². The van der Waals surface area contributed by atoms with Crippen molar-refractivity contribution in [1.82, 2.24) is 4.98 Å². The van der Waals surface area contributed by atoms with Crippen LogP contribution in [-0.2, 0) is 16.6 Å². The Morgan fingerprint density at radius 3 is 2.36 bits per heavy atom. The lowest BCUT2D eigenvalue weighted by Crippen LogP contribution is -2.23. The molecule has 2 rings (SSSR count). The third kappa shape index (κ3) is 4.46. The van der Waals surface area contributed by atoms with Crippen molar-refractivity contribution in [3.63, 3.8) is 0 Å². The minimum absolute atomic E-state index is 0.0455. The van der Waals surface area contributed by atoms with Crippen LogP contribution in [0.4, 0.5) is 11.5 Å². The molecule has 0 amide bonds. The summed E-state index contributed by atoms with van der Waals surface area (Å²) in [6.07, 6.45) is 1.55. The number of benzene rings is 1. The van der Waals surface area contributed by atoms with Gasteiger partial charge in [-0.15, -0.1) is 0 Å². The molecule has 0 aliphatic heterocycles. The number of hydrogen-bond acceptors (Lipinski definition) is 4. The van der Waals surface area contributed by atoms with Crippen LogP contribution in [-0.4, -0.2) is 25.7 Å². The van der Waals surface area contributed by atoms with Gasteiger partial charge in [0.05, 0.1) is 17.6 Å². The van der Waals surface area contributed by atoms with E-state index in [0.717, 1.165) is 18.9 Å². The third-order valence-electron chi connectivity index (χ3n) is 3.32. The zero-order valence-corrected chi connectivity index (χ0v) is 13.7. The van der Waals surface area contributed by atoms with E-state index in [-0.39, 0.29) is 5.75 Å². The summed E-state index contributed by atoms with van der Waals surface area (Å²) in [5.41, 5.74) is 1.70. The molecule has 0 unspecified atom stereocenters. The highest BCUT2D eigenvalue weighted by atomic mass is 32.2. The van der Waals surface area contributed by atoms with E-state index in [1.54, 1.807) is 19.2 Å². The van der Waals surface area contributed by atoms with Gasteiger partial charge < -0.3 is 4.90 Å². The predicted molar refractivity (Wildman–Crippen MR) is 90.5 cm³/mol.